The van der Waals surface area contributed by atoms with E-state index in [-0.39, 0.29) is 6.09 Å². The molecule has 1 atom stereocenters. The molecule has 16 heavy (non-hydrogen) atoms. The molecule has 0 saturated carbocycles. The molecule has 0 aromatic heterocycles. The molecule has 0 bridgehead atoms. The minimum atomic E-state index is -0.400. The van der Waals surface area contributed by atoms with Gasteiger partial charge in [-0.1, -0.05) is 6.92 Å². The maximum atomic E-state index is 11.9. The van der Waals surface area contributed by atoms with Crippen LogP contribution in [0.15, 0.2) is 0 Å². The number of rotatable bonds is 3. The number of hydrogen-bond donors (Lipinski definition) is 1. The number of nitrogens with one attached hydrogen (secondary N) is 1. The predicted octanol–water partition coefficient (Wildman–Crippen LogP) is 2.00. The molecule has 0 aromatic carbocycles. The van der Waals surface area contributed by atoms with Crippen LogP contribution in [0.25, 0.3) is 0 Å². The van der Waals surface area contributed by atoms with E-state index in [4.69, 9.17) is 4.74 Å². The van der Waals surface area contributed by atoms with Crippen LogP contribution in [0.1, 0.15) is 40.5 Å². The zero-order chi connectivity index (χ0) is 12.2. The average Bonchev–Trinajstić information content (AvgIpc) is 2.59. The van der Waals surface area contributed by atoms with Crippen molar-refractivity contribution >= 4 is 6.09 Å². The molecule has 0 radical (unpaired) electrons. The van der Waals surface area contributed by atoms with Gasteiger partial charge in [0.2, 0.25) is 0 Å². The van der Waals surface area contributed by atoms with Crippen molar-refractivity contribution in [3.8, 4) is 0 Å². The summed E-state index contributed by atoms with van der Waals surface area (Å²) in [7, 11) is 0. The minimum absolute atomic E-state index is 0.173. The van der Waals surface area contributed by atoms with Gasteiger partial charge in [0.15, 0.2) is 0 Å². The molecular weight excluding hydrogens is 204 g/mol. The summed E-state index contributed by atoms with van der Waals surface area (Å²) < 4.78 is 5.39. The second-order valence-corrected chi connectivity index (χ2v) is 5.28. The Kier molecular flexibility index (Phi) is 4.59. The molecule has 1 rings (SSSR count). The van der Waals surface area contributed by atoms with Crippen molar-refractivity contribution in [1.29, 1.82) is 0 Å². The average molecular weight is 228 g/mol. The van der Waals surface area contributed by atoms with E-state index in [9.17, 15) is 4.79 Å². The number of amides is 1. The number of likely N-dealkylation sites (N-methyl/N-ethyl adjacent to an activating group) is 1. The fourth-order valence-corrected chi connectivity index (χ4v) is 1.92. The number of likely N-dealkylation sites (tertiary alicyclic amines) is 1. The van der Waals surface area contributed by atoms with Crippen LogP contribution in [-0.2, 0) is 4.74 Å². The van der Waals surface area contributed by atoms with Crippen molar-refractivity contribution in [3.05, 3.63) is 0 Å². The van der Waals surface area contributed by atoms with Gasteiger partial charge >= 0.3 is 6.09 Å². The first-order chi connectivity index (χ1) is 7.44. The van der Waals surface area contributed by atoms with Crippen molar-refractivity contribution in [2.45, 2.75) is 52.2 Å². The largest absolute Gasteiger partial charge is 0.444 e. The molecule has 0 aliphatic carbocycles. The third-order valence-electron chi connectivity index (χ3n) is 2.64. The maximum absolute atomic E-state index is 11.9. The van der Waals surface area contributed by atoms with Crippen molar-refractivity contribution in [3.63, 3.8) is 0 Å². The highest BCUT2D eigenvalue weighted by molar-refractivity contribution is 5.69. The van der Waals surface area contributed by atoms with E-state index in [1.807, 2.05) is 25.7 Å². The number of ether oxygens (including phenoxy) is 1. The first-order valence-corrected chi connectivity index (χ1v) is 6.14. The van der Waals surface area contributed by atoms with Gasteiger partial charge in [0.25, 0.3) is 0 Å². The van der Waals surface area contributed by atoms with E-state index >= 15 is 0 Å². The van der Waals surface area contributed by atoms with Crippen molar-refractivity contribution in [2.75, 3.05) is 19.6 Å². The highest BCUT2D eigenvalue weighted by Crippen LogP contribution is 2.20. The van der Waals surface area contributed by atoms with Crippen LogP contribution in [0.2, 0.25) is 0 Å². The van der Waals surface area contributed by atoms with Crippen LogP contribution in [0, 0.1) is 0 Å². The topological polar surface area (TPSA) is 41.6 Å². The number of hydrogen-bond acceptors (Lipinski definition) is 3. The van der Waals surface area contributed by atoms with Gasteiger partial charge < -0.3 is 15.0 Å². The molecular formula is C12H24N2O2. The van der Waals surface area contributed by atoms with Crippen LogP contribution in [0.3, 0.4) is 0 Å². The molecule has 0 spiro atoms. The van der Waals surface area contributed by atoms with E-state index in [1.165, 1.54) is 0 Å². The van der Waals surface area contributed by atoms with Gasteiger partial charge in [-0.25, -0.2) is 4.79 Å². The summed E-state index contributed by atoms with van der Waals surface area (Å²) in [6.45, 7) is 10.4. The Bertz CT molecular complexity index is 236. The van der Waals surface area contributed by atoms with Gasteiger partial charge in [0, 0.05) is 19.1 Å². The quantitative estimate of drug-likeness (QED) is 0.803. The summed E-state index contributed by atoms with van der Waals surface area (Å²) in [5.74, 6) is 0. The molecule has 0 unspecified atom stereocenters. The third-order valence-corrected chi connectivity index (χ3v) is 2.64. The van der Waals surface area contributed by atoms with Gasteiger partial charge in [0.05, 0.1) is 0 Å². The van der Waals surface area contributed by atoms with Crippen molar-refractivity contribution in [1.82, 2.24) is 10.2 Å². The normalized spacial score (nSPS) is 21.2. The monoisotopic (exact) mass is 228 g/mol. The summed E-state index contributed by atoms with van der Waals surface area (Å²) in [5.41, 5.74) is -0.400. The molecule has 1 fully saturated rings. The Morgan fingerprint density at radius 1 is 1.50 bits per heavy atom. The van der Waals surface area contributed by atoms with Gasteiger partial charge in [0.1, 0.15) is 5.60 Å². The Balaban J connectivity index is 2.47. The van der Waals surface area contributed by atoms with Crippen LogP contribution in [0.4, 0.5) is 4.79 Å². The molecule has 1 saturated heterocycles. The highest BCUT2D eigenvalue weighted by atomic mass is 16.6. The summed E-state index contributed by atoms with van der Waals surface area (Å²) in [6, 6.07) is 0.301. The summed E-state index contributed by atoms with van der Waals surface area (Å²) in [4.78, 5) is 13.8. The lowest BCUT2D eigenvalue weighted by Gasteiger charge is -2.28. The van der Waals surface area contributed by atoms with E-state index in [1.54, 1.807) is 0 Å². The van der Waals surface area contributed by atoms with Gasteiger partial charge in [-0.3, -0.25) is 0 Å². The van der Waals surface area contributed by atoms with E-state index in [0.717, 1.165) is 32.5 Å². The maximum Gasteiger partial charge on any atom is 0.410 e. The molecule has 1 heterocycles. The SMILES string of the molecule is CCNC[C@H]1CCCN1C(=O)OC(C)(C)C. The number of nitrogens with zero attached hydrogens (tertiary/aromatic N) is 1. The first-order valence-electron chi connectivity index (χ1n) is 6.14. The van der Waals surface area contributed by atoms with Crippen LogP contribution >= 0.6 is 0 Å². The fourth-order valence-electron chi connectivity index (χ4n) is 1.92. The highest BCUT2D eigenvalue weighted by Gasteiger charge is 2.31. The molecule has 0 aromatic rings. The standard InChI is InChI=1S/C12H24N2O2/c1-5-13-9-10-7-6-8-14(10)11(15)16-12(2,3)4/h10,13H,5-9H2,1-4H3/t10-/m1/s1. The second-order valence-electron chi connectivity index (χ2n) is 5.28. The molecule has 1 aliphatic heterocycles. The first kappa shape index (κ1) is 13.3. The smallest absolute Gasteiger partial charge is 0.410 e. The lowest BCUT2D eigenvalue weighted by molar-refractivity contribution is 0.0227. The lowest BCUT2D eigenvalue weighted by Crippen LogP contribution is -2.44. The summed E-state index contributed by atoms with van der Waals surface area (Å²) in [5, 5.41) is 3.29. The molecule has 4 nitrogen and oxygen atoms in total. The van der Waals surface area contributed by atoms with Gasteiger partial charge in [-0.2, -0.15) is 0 Å². The fraction of sp³-hybridized carbons (Fsp3) is 0.917. The summed E-state index contributed by atoms with van der Waals surface area (Å²) in [6.07, 6.45) is 1.98. The third kappa shape index (κ3) is 4.00. The summed E-state index contributed by atoms with van der Waals surface area (Å²) >= 11 is 0. The van der Waals surface area contributed by atoms with Crippen molar-refractivity contribution in [2.24, 2.45) is 0 Å². The van der Waals surface area contributed by atoms with E-state index in [0.29, 0.717) is 6.04 Å². The molecule has 94 valence electrons. The Morgan fingerprint density at radius 2 is 2.19 bits per heavy atom. The molecule has 1 aliphatic rings. The van der Waals surface area contributed by atoms with E-state index < -0.39 is 5.60 Å². The zero-order valence-corrected chi connectivity index (χ0v) is 10.9. The van der Waals surface area contributed by atoms with Gasteiger partial charge in [-0.15, -0.1) is 0 Å². The Morgan fingerprint density at radius 3 is 2.75 bits per heavy atom. The van der Waals surface area contributed by atoms with Crippen LogP contribution in [0.5, 0.6) is 0 Å². The molecule has 1 N–H and O–H groups in total. The second kappa shape index (κ2) is 5.53. The number of carbonyl (C=O) groups excluding carboxylic acids is 1. The van der Waals surface area contributed by atoms with Crippen LogP contribution < -0.4 is 5.32 Å². The lowest BCUT2D eigenvalue weighted by atomic mass is 10.2. The Hall–Kier alpha value is -0.770. The predicted molar refractivity (Wildman–Crippen MR) is 64.5 cm³/mol. The van der Waals surface area contributed by atoms with Crippen molar-refractivity contribution < 1.29 is 9.53 Å². The molecule has 4 heteroatoms. The Labute approximate surface area is 98.3 Å². The number of carbonyl (C=O) groups is 1. The van der Waals surface area contributed by atoms with Crippen LogP contribution in [-0.4, -0.2) is 42.3 Å². The zero-order valence-electron chi connectivity index (χ0n) is 10.9. The van der Waals surface area contributed by atoms with E-state index in [2.05, 4.69) is 12.2 Å². The molecule has 1 amide bonds. The van der Waals surface area contributed by atoms with Gasteiger partial charge in [-0.05, 0) is 40.2 Å². The minimum Gasteiger partial charge on any atom is -0.444 e.